The summed E-state index contributed by atoms with van der Waals surface area (Å²) in [7, 11) is 0. The predicted molar refractivity (Wildman–Crippen MR) is 96.1 cm³/mol. The first-order valence-electron chi connectivity index (χ1n) is 9.31. The Kier molecular flexibility index (Phi) is 5.45. The van der Waals surface area contributed by atoms with Crippen molar-refractivity contribution in [3.05, 3.63) is 54.1 Å². The molecule has 4 heterocycles. The van der Waals surface area contributed by atoms with Gasteiger partial charge in [0, 0.05) is 63.7 Å². The zero-order valence-corrected chi connectivity index (χ0v) is 14.7. The SMILES string of the molecule is c1cc2n(c1)CC(OCc1ccncc1)CN(CC1CCOCC1)C2. The van der Waals surface area contributed by atoms with Crippen molar-refractivity contribution in [3.8, 4) is 0 Å². The molecule has 1 atom stereocenters. The number of hydrogen-bond acceptors (Lipinski definition) is 4. The maximum Gasteiger partial charge on any atom is 0.0885 e. The summed E-state index contributed by atoms with van der Waals surface area (Å²) in [5, 5.41) is 0. The topological polar surface area (TPSA) is 39.5 Å². The number of nitrogens with zero attached hydrogens (tertiary/aromatic N) is 3. The van der Waals surface area contributed by atoms with Gasteiger partial charge < -0.3 is 14.0 Å². The summed E-state index contributed by atoms with van der Waals surface area (Å²) < 4.78 is 14.1. The summed E-state index contributed by atoms with van der Waals surface area (Å²) >= 11 is 0. The number of aromatic nitrogens is 2. The van der Waals surface area contributed by atoms with E-state index in [1.54, 1.807) is 0 Å². The first-order chi connectivity index (χ1) is 12.4. The van der Waals surface area contributed by atoms with Gasteiger partial charge in [-0.05, 0) is 48.6 Å². The lowest BCUT2D eigenvalue weighted by Crippen LogP contribution is -2.37. The van der Waals surface area contributed by atoms with Crippen LogP contribution in [-0.4, -0.2) is 46.9 Å². The molecule has 0 amide bonds. The summed E-state index contributed by atoms with van der Waals surface area (Å²) in [5.74, 6) is 0.746. The third-order valence-electron chi connectivity index (χ3n) is 5.26. The minimum Gasteiger partial charge on any atom is -0.381 e. The first-order valence-corrected chi connectivity index (χ1v) is 9.31. The molecule has 0 radical (unpaired) electrons. The quantitative estimate of drug-likeness (QED) is 0.838. The number of hydrogen-bond donors (Lipinski definition) is 0. The standard InChI is InChI=1S/C20H27N3O2/c1-2-19-13-22(12-17-5-10-24-11-6-17)14-20(15-23(19)9-1)25-16-18-3-7-21-8-4-18/h1-4,7-9,17,20H,5-6,10-16H2. The van der Waals surface area contributed by atoms with E-state index in [-0.39, 0.29) is 6.10 Å². The van der Waals surface area contributed by atoms with Crippen molar-refractivity contribution in [2.75, 3.05) is 26.3 Å². The largest absolute Gasteiger partial charge is 0.381 e. The van der Waals surface area contributed by atoms with E-state index in [0.29, 0.717) is 6.61 Å². The van der Waals surface area contributed by atoms with Gasteiger partial charge in [0.15, 0.2) is 0 Å². The van der Waals surface area contributed by atoms with Gasteiger partial charge in [0.2, 0.25) is 0 Å². The number of fused-ring (bicyclic) bond motifs is 1. The van der Waals surface area contributed by atoms with Crippen molar-refractivity contribution >= 4 is 0 Å². The Balaban J connectivity index is 1.41. The van der Waals surface area contributed by atoms with E-state index >= 15 is 0 Å². The monoisotopic (exact) mass is 341 g/mol. The van der Waals surface area contributed by atoms with Crippen LogP contribution in [0.25, 0.3) is 0 Å². The van der Waals surface area contributed by atoms with Crippen molar-refractivity contribution < 1.29 is 9.47 Å². The van der Waals surface area contributed by atoms with Crippen LogP contribution in [0, 0.1) is 5.92 Å². The van der Waals surface area contributed by atoms with Crippen LogP contribution in [0.2, 0.25) is 0 Å². The molecule has 1 fully saturated rings. The summed E-state index contributed by atoms with van der Waals surface area (Å²) in [6.45, 7) is 6.55. The second-order valence-corrected chi connectivity index (χ2v) is 7.19. The third-order valence-corrected chi connectivity index (χ3v) is 5.26. The van der Waals surface area contributed by atoms with Crippen molar-refractivity contribution in [2.45, 2.75) is 38.6 Å². The van der Waals surface area contributed by atoms with Gasteiger partial charge in [-0.25, -0.2) is 0 Å². The Labute approximate surface area is 149 Å². The number of rotatable bonds is 5. The molecule has 0 aliphatic carbocycles. The van der Waals surface area contributed by atoms with Gasteiger partial charge in [-0.3, -0.25) is 9.88 Å². The molecule has 4 rings (SSSR count). The van der Waals surface area contributed by atoms with Crippen LogP contribution in [-0.2, 0) is 29.2 Å². The normalized spacial score (nSPS) is 22.5. The fraction of sp³-hybridized carbons (Fsp3) is 0.550. The van der Waals surface area contributed by atoms with Crippen LogP contribution in [0.1, 0.15) is 24.1 Å². The third kappa shape index (κ3) is 4.48. The Bertz CT molecular complexity index is 652. The van der Waals surface area contributed by atoms with Crippen molar-refractivity contribution in [2.24, 2.45) is 5.92 Å². The summed E-state index contributed by atoms with van der Waals surface area (Å²) in [6, 6.07) is 8.44. The molecule has 25 heavy (non-hydrogen) atoms. The summed E-state index contributed by atoms with van der Waals surface area (Å²) in [5.41, 5.74) is 2.57. The van der Waals surface area contributed by atoms with Crippen LogP contribution in [0.4, 0.5) is 0 Å². The summed E-state index contributed by atoms with van der Waals surface area (Å²) in [4.78, 5) is 6.65. The summed E-state index contributed by atoms with van der Waals surface area (Å²) in [6.07, 6.45) is 8.40. The van der Waals surface area contributed by atoms with E-state index < -0.39 is 0 Å². The van der Waals surface area contributed by atoms with Gasteiger partial charge in [-0.15, -0.1) is 0 Å². The van der Waals surface area contributed by atoms with Crippen LogP contribution < -0.4 is 0 Å². The van der Waals surface area contributed by atoms with E-state index in [1.807, 2.05) is 24.5 Å². The lowest BCUT2D eigenvalue weighted by molar-refractivity contribution is 0.000181. The molecule has 5 heteroatoms. The lowest BCUT2D eigenvalue weighted by Gasteiger charge is -2.30. The lowest BCUT2D eigenvalue weighted by atomic mass is 9.99. The number of pyridine rings is 1. The fourth-order valence-electron chi connectivity index (χ4n) is 3.86. The van der Waals surface area contributed by atoms with Crippen LogP contribution in [0.5, 0.6) is 0 Å². The molecule has 2 aromatic heterocycles. The van der Waals surface area contributed by atoms with Crippen molar-refractivity contribution in [1.29, 1.82) is 0 Å². The van der Waals surface area contributed by atoms with Crippen LogP contribution in [0.15, 0.2) is 42.9 Å². The zero-order valence-electron chi connectivity index (χ0n) is 14.7. The van der Waals surface area contributed by atoms with Gasteiger partial charge in [0.1, 0.15) is 0 Å². The molecule has 0 spiro atoms. The molecule has 2 aliphatic heterocycles. The molecule has 1 saturated heterocycles. The van der Waals surface area contributed by atoms with Crippen molar-refractivity contribution in [1.82, 2.24) is 14.5 Å². The molecule has 0 saturated carbocycles. The molecule has 2 aliphatic rings. The molecule has 1 unspecified atom stereocenters. The molecule has 0 aromatic carbocycles. The minimum absolute atomic E-state index is 0.210. The molecular weight excluding hydrogens is 314 g/mol. The predicted octanol–water partition coefficient (Wildman–Crippen LogP) is 2.71. The second kappa shape index (κ2) is 8.13. The van der Waals surface area contributed by atoms with Crippen LogP contribution in [0.3, 0.4) is 0 Å². The van der Waals surface area contributed by atoms with Gasteiger partial charge in [-0.2, -0.15) is 0 Å². The Morgan fingerprint density at radius 1 is 1.12 bits per heavy atom. The van der Waals surface area contributed by atoms with Crippen LogP contribution >= 0.6 is 0 Å². The smallest absolute Gasteiger partial charge is 0.0885 e. The maximum absolute atomic E-state index is 6.28. The minimum atomic E-state index is 0.210. The number of ether oxygens (including phenoxy) is 2. The average molecular weight is 341 g/mol. The van der Waals surface area contributed by atoms with Gasteiger partial charge in [0.05, 0.1) is 12.7 Å². The molecule has 2 aromatic rings. The highest BCUT2D eigenvalue weighted by Gasteiger charge is 2.25. The van der Waals surface area contributed by atoms with E-state index in [4.69, 9.17) is 9.47 Å². The highest BCUT2D eigenvalue weighted by Crippen LogP contribution is 2.21. The highest BCUT2D eigenvalue weighted by molar-refractivity contribution is 5.10. The highest BCUT2D eigenvalue weighted by atomic mass is 16.5. The fourth-order valence-corrected chi connectivity index (χ4v) is 3.86. The Hall–Kier alpha value is -1.69. The molecule has 0 bridgehead atoms. The second-order valence-electron chi connectivity index (χ2n) is 7.19. The Morgan fingerprint density at radius 3 is 2.80 bits per heavy atom. The molecular formula is C20H27N3O2. The molecule has 134 valence electrons. The van der Waals surface area contributed by atoms with E-state index in [9.17, 15) is 0 Å². The maximum atomic E-state index is 6.28. The van der Waals surface area contributed by atoms with E-state index in [2.05, 4.69) is 32.8 Å². The Morgan fingerprint density at radius 2 is 1.96 bits per heavy atom. The average Bonchev–Trinajstić information content (AvgIpc) is 3.01. The molecule has 0 N–H and O–H groups in total. The van der Waals surface area contributed by atoms with Crippen molar-refractivity contribution in [3.63, 3.8) is 0 Å². The van der Waals surface area contributed by atoms with E-state index in [1.165, 1.54) is 24.1 Å². The zero-order chi connectivity index (χ0) is 16.9. The van der Waals surface area contributed by atoms with Gasteiger partial charge >= 0.3 is 0 Å². The first kappa shape index (κ1) is 16.8. The van der Waals surface area contributed by atoms with E-state index in [0.717, 1.165) is 45.3 Å². The van der Waals surface area contributed by atoms with Gasteiger partial charge in [0.25, 0.3) is 0 Å². The van der Waals surface area contributed by atoms with Gasteiger partial charge in [-0.1, -0.05) is 0 Å². The molecule has 5 nitrogen and oxygen atoms in total.